The van der Waals surface area contributed by atoms with Gasteiger partial charge in [-0.3, -0.25) is 9.59 Å². The zero-order valence-electron chi connectivity index (χ0n) is 10.5. The molecule has 19 heavy (non-hydrogen) atoms. The van der Waals surface area contributed by atoms with Crippen molar-refractivity contribution in [2.45, 2.75) is 19.3 Å². The molecular formula is C14H16BrNO3. The SMILES string of the molecule is O=C(O)[C@@H]1CCCN(C(=O)Cc2ccccc2Br)C1. The van der Waals surface area contributed by atoms with E-state index in [-0.39, 0.29) is 5.91 Å². The second kappa shape index (κ2) is 6.19. The van der Waals surface area contributed by atoms with Gasteiger partial charge >= 0.3 is 5.97 Å². The molecule has 0 aromatic heterocycles. The molecule has 0 spiro atoms. The van der Waals surface area contributed by atoms with Crippen LogP contribution >= 0.6 is 15.9 Å². The summed E-state index contributed by atoms with van der Waals surface area (Å²) in [6, 6.07) is 7.60. The number of rotatable bonds is 3. The number of likely N-dealkylation sites (tertiary alicyclic amines) is 1. The lowest BCUT2D eigenvalue weighted by atomic mass is 9.97. The Balaban J connectivity index is 2.00. The third-order valence-electron chi connectivity index (χ3n) is 3.42. The lowest BCUT2D eigenvalue weighted by Gasteiger charge is -2.30. The van der Waals surface area contributed by atoms with Crippen molar-refractivity contribution in [3.8, 4) is 0 Å². The lowest BCUT2D eigenvalue weighted by Crippen LogP contribution is -2.43. The van der Waals surface area contributed by atoms with Gasteiger partial charge < -0.3 is 10.0 Å². The summed E-state index contributed by atoms with van der Waals surface area (Å²) < 4.78 is 0.912. The highest BCUT2D eigenvalue weighted by Crippen LogP contribution is 2.20. The Kier molecular flexibility index (Phi) is 4.58. The summed E-state index contributed by atoms with van der Waals surface area (Å²) in [6.45, 7) is 0.992. The minimum absolute atomic E-state index is 0.00199. The Morgan fingerprint density at radius 1 is 1.37 bits per heavy atom. The molecule has 102 valence electrons. The molecular weight excluding hydrogens is 310 g/mol. The first-order valence-electron chi connectivity index (χ1n) is 6.32. The number of carbonyl (C=O) groups is 2. The van der Waals surface area contributed by atoms with Crippen LogP contribution in [0.25, 0.3) is 0 Å². The molecule has 0 bridgehead atoms. The molecule has 0 saturated carbocycles. The van der Waals surface area contributed by atoms with Gasteiger partial charge in [-0.05, 0) is 24.5 Å². The first-order valence-corrected chi connectivity index (χ1v) is 7.11. The van der Waals surface area contributed by atoms with E-state index in [0.717, 1.165) is 16.5 Å². The topological polar surface area (TPSA) is 57.6 Å². The number of halogens is 1. The van der Waals surface area contributed by atoms with E-state index in [1.54, 1.807) is 4.90 Å². The van der Waals surface area contributed by atoms with Crippen molar-refractivity contribution in [2.24, 2.45) is 5.92 Å². The van der Waals surface area contributed by atoms with Gasteiger partial charge in [-0.15, -0.1) is 0 Å². The number of carboxylic acids is 1. The predicted molar refractivity (Wildman–Crippen MR) is 74.8 cm³/mol. The first-order chi connectivity index (χ1) is 9.08. The molecule has 1 aromatic carbocycles. The summed E-state index contributed by atoms with van der Waals surface area (Å²) >= 11 is 3.42. The maximum absolute atomic E-state index is 12.2. The van der Waals surface area contributed by atoms with E-state index in [1.165, 1.54) is 0 Å². The van der Waals surface area contributed by atoms with E-state index in [4.69, 9.17) is 5.11 Å². The van der Waals surface area contributed by atoms with E-state index in [2.05, 4.69) is 15.9 Å². The van der Waals surface area contributed by atoms with Crippen LogP contribution in [0.1, 0.15) is 18.4 Å². The fraction of sp³-hybridized carbons (Fsp3) is 0.429. The largest absolute Gasteiger partial charge is 0.481 e. The van der Waals surface area contributed by atoms with Gasteiger partial charge in [-0.2, -0.15) is 0 Å². The summed E-state index contributed by atoms with van der Waals surface area (Å²) in [5.41, 5.74) is 0.935. The average molecular weight is 326 g/mol. The Bertz CT molecular complexity index is 489. The first kappa shape index (κ1) is 14.1. The zero-order valence-corrected chi connectivity index (χ0v) is 12.1. The summed E-state index contributed by atoms with van der Waals surface area (Å²) in [6.07, 6.45) is 1.74. The second-order valence-electron chi connectivity index (χ2n) is 4.79. The van der Waals surface area contributed by atoms with Crippen LogP contribution in [-0.2, 0) is 16.0 Å². The fourth-order valence-electron chi connectivity index (χ4n) is 2.32. The molecule has 0 unspecified atom stereocenters. The number of hydrogen-bond acceptors (Lipinski definition) is 2. The van der Waals surface area contributed by atoms with Crippen LogP contribution in [0.3, 0.4) is 0 Å². The predicted octanol–water partition coefficient (Wildman–Crippen LogP) is 2.31. The van der Waals surface area contributed by atoms with E-state index in [0.29, 0.717) is 25.9 Å². The molecule has 1 aliphatic heterocycles. The second-order valence-corrected chi connectivity index (χ2v) is 5.64. The molecule has 4 nitrogen and oxygen atoms in total. The Morgan fingerprint density at radius 3 is 2.79 bits per heavy atom. The van der Waals surface area contributed by atoms with Gasteiger partial charge in [0.05, 0.1) is 12.3 Å². The monoisotopic (exact) mass is 325 g/mol. The minimum Gasteiger partial charge on any atom is -0.481 e. The quantitative estimate of drug-likeness (QED) is 0.927. The van der Waals surface area contributed by atoms with E-state index in [9.17, 15) is 9.59 Å². The van der Waals surface area contributed by atoms with Crippen molar-refractivity contribution < 1.29 is 14.7 Å². The van der Waals surface area contributed by atoms with Crippen LogP contribution in [0, 0.1) is 5.92 Å². The lowest BCUT2D eigenvalue weighted by molar-refractivity contribution is -0.145. The standard InChI is InChI=1S/C14H16BrNO3/c15-12-6-2-1-4-10(12)8-13(17)16-7-3-5-11(9-16)14(18)19/h1-2,4,6,11H,3,5,7-9H2,(H,18,19)/t11-/m1/s1. The molecule has 5 heteroatoms. The number of benzene rings is 1. The molecule has 1 amide bonds. The Hall–Kier alpha value is -1.36. The number of amides is 1. The van der Waals surface area contributed by atoms with Crippen molar-refractivity contribution in [1.82, 2.24) is 4.90 Å². The van der Waals surface area contributed by atoms with Crippen LogP contribution in [-0.4, -0.2) is 35.0 Å². The molecule has 2 rings (SSSR count). The molecule has 1 saturated heterocycles. The molecule has 0 aliphatic carbocycles. The zero-order chi connectivity index (χ0) is 13.8. The van der Waals surface area contributed by atoms with Crippen molar-refractivity contribution in [2.75, 3.05) is 13.1 Å². The molecule has 1 heterocycles. The van der Waals surface area contributed by atoms with Crippen LogP contribution < -0.4 is 0 Å². The van der Waals surface area contributed by atoms with Gasteiger partial charge in [-0.1, -0.05) is 34.1 Å². The number of carbonyl (C=O) groups excluding carboxylic acids is 1. The van der Waals surface area contributed by atoms with Crippen molar-refractivity contribution in [1.29, 1.82) is 0 Å². The highest BCUT2D eigenvalue weighted by Gasteiger charge is 2.28. The number of nitrogens with zero attached hydrogens (tertiary/aromatic N) is 1. The van der Waals surface area contributed by atoms with E-state index >= 15 is 0 Å². The number of hydrogen-bond donors (Lipinski definition) is 1. The third kappa shape index (κ3) is 3.56. The van der Waals surface area contributed by atoms with Crippen LogP contribution in [0.15, 0.2) is 28.7 Å². The molecule has 1 aliphatic rings. The summed E-state index contributed by atoms with van der Waals surface area (Å²) in [5, 5.41) is 9.03. The van der Waals surface area contributed by atoms with Crippen molar-refractivity contribution in [3.05, 3.63) is 34.3 Å². The number of piperidine rings is 1. The van der Waals surface area contributed by atoms with Gasteiger partial charge in [0.15, 0.2) is 0 Å². The highest BCUT2D eigenvalue weighted by atomic mass is 79.9. The van der Waals surface area contributed by atoms with Gasteiger partial charge in [-0.25, -0.2) is 0 Å². The number of aliphatic carboxylic acids is 1. The average Bonchev–Trinajstić information content (AvgIpc) is 2.41. The summed E-state index contributed by atoms with van der Waals surface area (Å²) in [4.78, 5) is 24.9. The molecule has 1 aromatic rings. The summed E-state index contributed by atoms with van der Waals surface area (Å²) in [5.74, 6) is -1.23. The van der Waals surface area contributed by atoms with Gasteiger partial charge in [0.25, 0.3) is 0 Å². The molecule has 1 atom stereocenters. The van der Waals surface area contributed by atoms with Crippen molar-refractivity contribution >= 4 is 27.8 Å². The van der Waals surface area contributed by atoms with Crippen LogP contribution in [0.5, 0.6) is 0 Å². The van der Waals surface area contributed by atoms with Gasteiger partial charge in [0, 0.05) is 17.6 Å². The van der Waals surface area contributed by atoms with Gasteiger partial charge in [0.1, 0.15) is 0 Å². The highest BCUT2D eigenvalue weighted by molar-refractivity contribution is 9.10. The van der Waals surface area contributed by atoms with Gasteiger partial charge in [0.2, 0.25) is 5.91 Å². The summed E-state index contributed by atoms with van der Waals surface area (Å²) in [7, 11) is 0. The minimum atomic E-state index is -0.807. The van der Waals surface area contributed by atoms with Crippen LogP contribution in [0.4, 0.5) is 0 Å². The maximum Gasteiger partial charge on any atom is 0.308 e. The molecule has 1 fully saturated rings. The van der Waals surface area contributed by atoms with Crippen molar-refractivity contribution in [3.63, 3.8) is 0 Å². The molecule has 0 radical (unpaired) electrons. The van der Waals surface area contributed by atoms with Crippen LogP contribution in [0.2, 0.25) is 0 Å². The fourth-order valence-corrected chi connectivity index (χ4v) is 2.75. The molecule has 1 N–H and O–H groups in total. The number of carboxylic acid groups (broad SMARTS) is 1. The Labute approximate surface area is 120 Å². The van der Waals surface area contributed by atoms with E-state index in [1.807, 2.05) is 24.3 Å². The maximum atomic E-state index is 12.2. The van der Waals surface area contributed by atoms with E-state index < -0.39 is 11.9 Å². The smallest absolute Gasteiger partial charge is 0.308 e. The normalized spacial score (nSPS) is 19.2. The Morgan fingerprint density at radius 2 is 2.11 bits per heavy atom. The third-order valence-corrected chi connectivity index (χ3v) is 4.20.